The number of nitrogens with zero attached hydrogens (tertiary/aromatic N) is 1. The normalized spacial score (nSPS) is 42.6. The number of hydrogen-bond acceptors (Lipinski definition) is 5. The second-order valence-corrected chi connectivity index (χ2v) is 14.4. The third-order valence-corrected chi connectivity index (χ3v) is 12.8. The molecule has 0 bridgehead atoms. The lowest BCUT2D eigenvalue weighted by Gasteiger charge is -2.59. The van der Waals surface area contributed by atoms with Crippen molar-refractivity contribution in [2.24, 2.45) is 28.6 Å². The molecule has 0 spiro atoms. The molecular weight excluding hydrogens is 466 g/mol. The van der Waals surface area contributed by atoms with Gasteiger partial charge in [0.05, 0.1) is 31.3 Å². The lowest BCUT2D eigenvalue weighted by Crippen LogP contribution is -2.53. The number of likely N-dealkylation sites (tertiary alicyclic amines) is 1. The van der Waals surface area contributed by atoms with Crippen molar-refractivity contribution in [1.82, 2.24) is 4.90 Å². The van der Waals surface area contributed by atoms with Crippen molar-refractivity contribution in [3.63, 3.8) is 0 Å². The zero-order chi connectivity index (χ0) is 24.8. The molecule has 0 amide bonds. The van der Waals surface area contributed by atoms with Gasteiger partial charge in [-0.05, 0) is 107 Å². The zero-order valence-corrected chi connectivity index (χ0v) is 23.4. The van der Waals surface area contributed by atoms with Crippen LogP contribution in [0.4, 0.5) is 0 Å². The van der Waals surface area contributed by atoms with E-state index < -0.39 is 5.60 Å². The molecule has 200 valence electrons. The van der Waals surface area contributed by atoms with Crippen LogP contribution in [0.3, 0.4) is 0 Å². The predicted molar refractivity (Wildman–Crippen MR) is 147 cm³/mol. The molecule has 4 nitrogen and oxygen atoms in total. The average Bonchev–Trinajstić information content (AvgIpc) is 3.64. The van der Waals surface area contributed by atoms with Crippen LogP contribution in [0, 0.1) is 28.6 Å². The van der Waals surface area contributed by atoms with Gasteiger partial charge in [-0.2, -0.15) is 11.8 Å². The van der Waals surface area contributed by atoms with E-state index in [1.165, 1.54) is 58.0 Å². The Kier molecular flexibility index (Phi) is 7.16. The van der Waals surface area contributed by atoms with Crippen LogP contribution in [0.2, 0.25) is 0 Å². The minimum Gasteiger partial charge on any atom is -0.472 e. The van der Waals surface area contributed by atoms with Gasteiger partial charge in [-0.3, -0.25) is 0 Å². The topological polar surface area (TPSA) is 45.8 Å². The molecule has 1 aromatic heterocycles. The van der Waals surface area contributed by atoms with E-state index in [-0.39, 0.29) is 5.41 Å². The van der Waals surface area contributed by atoms with Gasteiger partial charge < -0.3 is 19.2 Å². The van der Waals surface area contributed by atoms with Crippen LogP contribution < -0.4 is 0 Å². The summed E-state index contributed by atoms with van der Waals surface area (Å²) in [5, 5.41) is 12.7. The third-order valence-electron chi connectivity index (χ3n) is 11.5. The van der Waals surface area contributed by atoms with Crippen LogP contribution in [-0.2, 0) is 10.3 Å². The van der Waals surface area contributed by atoms with E-state index in [4.69, 9.17) is 9.15 Å². The van der Waals surface area contributed by atoms with Crippen molar-refractivity contribution in [2.75, 3.05) is 38.6 Å². The fourth-order valence-electron chi connectivity index (χ4n) is 9.34. The van der Waals surface area contributed by atoms with Gasteiger partial charge in [0.2, 0.25) is 0 Å². The van der Waals surface area contributed by atoms with E-state index in [1.807, 2.05) is 6.07 Å². The summed E-state index contributed by atoms with van der Waals surface area (Å²) < 4.78 is 11.4. The zero-order valence-electron chi connectivity index (χ0n) is 22.6. The highest BCUT2D eigenvalue weighted by Gasteiger charge is 2.64. The molecule has 1 aliphatic heterocycles. The fraction of sp³-hybridized carbons (Fsp3) is 0.806. The monoisotopic (exact) mass is 513 g/mol. The summed E-state index contributed by atoms with van der Waals surface area (Å²) in [6.45, 7) is 10.4. The van der Waals surface area contributed by atoms with Crippen molar-refractivity contribution in [3.8, 4) is 0 Å². The number of allylic oxidation sites excluding steroid dienone is 2. The number of furan rings is 1. The van der Waals surface area contributed by atoms with Gasteiger partial charge in [0.25, 0.3) is 0 Å². The van der Waals surface area contributed by atoms with E-state index >= 15 is 0 Å². The van der Waals surface area contributed by atoms with Crippen molar-refractivity contribution in [1.29, 1.82) is 0 Å². The Hall–Kier alpha value is -0.750. The standard InChI is InChI=1S/C31H47NO3S/c1-29-11-7-25(36-20-19-34-18-16-32-14-3-4-15-32)21-23(29)5-6-26-27(29)8-12-30(2)28(26)9-13-31(30,33)24-10-17-35-22-24/h5,10,17,22,25-28,33H,3-4,6-9,11-16,18-21H2,1-2H3/t25?,26-,27-,28+,29+,30+,31?/m1/s1. The maximum atomic E-state index is 11.9. The van der Waals surface area contributed by atoms with Crippen molar-refractivity contribution >= 4 is 11.8 Å². The largest absolute Gasteiger partial charge is 0.472 e. The van der Waals surface area contributed by atoms with Crippen LogP contribution in [0.15, 0.2) is 34.7 Å². The molecule has 3 saturated carbocycles. The first-order chi connectivity index (χ1) is 17.4. The number of hydrogen-bond donors (Lipinski definition) is 1. The van der Waals surface area contributed by atoms with E-state index in [9.17, 15) is 5.11 Å². The summed E-state index contributed by atoms with van der Waals surface area (Å²) in [5.74, 6) is 3.23. The highest BCUT2D eigenvalue weighted by atomic mass is 32.2. The second kappa shape index (κ2) is 10.1. The molecule has 2 unspecified atom stereocenters. The molecule has 2 heterocycles. The van der Waals surface area contributed by atoms with Gasteiger partial charge in [0.1, 0.15) is 0 Å². The van der Waals surface area contributed by atoms with Gasteiger partial charge >= 0.3 is 0 Å². The maximum Gasteiger partial charge on any atom is 0.0983 e. The maximum absolute atomic E-state index is 11.9. The average molecular weight is 514 g/mol. The van der Waals surface area contributed by atoms with Crippen molar-refractivity contribution < 1.29 is 14.3 Å². The quantitative estimate of drug-likeness (QED) is 0.312. The fourth-order valence-corrected chi connectivity index (χ4v) is 10.5. The van der Waals surface area contributed by atoms with Crippen LogP contribution in [0.1, 0.15) is 83.6 Å². The van der Waals surface area contributed by atoms with Crippen molar-refractivity contribution in [3.05, 3.63) is 35.8 Å². The van der Waals surface area contributed by atoms with E-state index in [1.54, 1.807) is 18.1 Å². The second-order valence-electron chi connectivity index (χ2n) is 13.0. The Balaban J connectivity index is 1.05. The molecule has 0 aromatic carbocycles. The number of ether oxygens (including phenoxy) is 1. The molecule has 6 rings (SSSR count). The molecule has 1 saturated heterocycles. The summed E-state index contributed by atoms with van der Waals surface area (Å²) in [7, 11) is 0. The highest BCUT2D eigenvalue weighted by molar-refractivity contribution is 7.99. The smallest absolute Gasteiger partial charge is 0.0983 e. The first-order valence-electron chi connectivity index (χ1n) is 14.8. The van der Waals surface area contributed by atoms with Gasteiger partial charge in [0, 0.05) is 28.5 Å². The molecular formula is C31H47NO3S. The number of aliphatic hydroxyl groups is 1. The van der Waals surface area contributed by atoms with Gasteiger partial charge in [-0.15, -0.1) is 0 Å². The lowest BCUT2D eigenvalue weighted by atomic mass is 9.47. The summed E-state index contributed by atoms with van der Waals surface area (Å²) in [4.78, 5) is 2.54. The van der Waals surface area contributed by atoms with E-state index in [0.29, 0.717) is 17.3 Å². The lowest BCUT2D eigenvalue weighted by molar-refractivity contribution is -0.128. The van der Waals surface area contributed by atoms with Crippen LogP contribution in [-0.4, -0.2) is 53.9 Å². The van der Waals surface area contributed by atoms with Gasteiger partial charge in [-0.1, -0.05) is 25.5 Å². The molecule has 4 fully saturated rings. The Labute approximate surface area is 222 Å². The summed E-state index contributed by atoms with van der Waals surface area (Å²) in [5.41, 5.74) is 2.35. The molecule has 1 aromatic rings. The molecule has 5 aliphatic rings. The minimum absolute atomic E-state index is 0.0401. The predicted octanol–water partition coefficient (Wildman–Crippen LogP) is 6.64. The summed E-state index contributed by atoms with van der Waals surface area (Å²) in [6.07, 6.45) is 18.5. The molecule has 1 N–H and O–H groups in total. The number of rotatable bonds is 8. The molecule has 36 heavy (non-hydrogen) atoms. The van der Waals surface area contributed by atoms with Crippen LogP contribution in [0.25, 0.3) is 0 Å². The van der Waals surface area contributed by atoms with Gasteiger partial charge in [0.15, 0.2) is 0 Å². The van der Waals surface area contributed by atoms with Crippen LogP contribution in [0.5, 0.6) is 0 Å². The number of thioether (sulfide) groups is 1. The molecule has 5 heteroatoms. The van der Waals surface area contributed by atoms with E-state index in [0.717, 1.165) is 61.5 Å². The first kappa shape index (κ1) is 25.5. The summed E-state index contributed by atoms with van der Waals surface area (Å²) in [6, 6.07) is 2.00. The Morgan fingerprint density at radius 3 is 2.72 bits per heavy atom. The minimum atomic E-state index is -0.731. The van der Waals surface area contributed by atoms with Crippen LogP contribution >= 0.6 is 11.8 Å². The Morgan fingerprint density at radius 1 is 1.08 bits per heavy atom. The van der Waals surface area contributed by atoms with Gasteiger partial charge in [-0.25, -0.2) is 0 Å². The molecule has 7 atom stereocenters. The first-order valence-corrected chi connectivity index (χ1v) is 15.9. The summed E-state index contributed by atoms with van der Waals surface area (Å²) >= 11 is 2.16. The third kappa shape index (κ3) is 4.25. The molecule has 4 aliphatic carbocycles. The highest BCUT2D eigenvalue weighted by Crippen LogP contribution is 2.69. The Bertz CT molecular complexity index is 926. The van der Waals surface area contributed by atoms with Crippen molar-refractivity contribution in [2.45, 2.75) is 88.9 Å². The Morgan fingerprint density at radius 2 is 1.92 bits per heavy atom. The molecule has 0 radical (unpaired) electrons. The van der Waals surface area contributed by atoms with E-state index in [2.05, 4.69) is 36.6 Å². The SMILES string of the molecule is C[C@]12CCC(SCCOCCN3CCCC3)CC1=CC[C@@H]1[C@H]2CC[C@@]2(C)[C@H]1CCC2(O)c1ccoc1. The number of fused-ring (bicyclic) bond motifs is 5.